The third kappa shape index (κ3) is 3.61. The van der Waals surface area contributed by atoms with Crippen molar-refractivity contribution in [2.24, 2.45) is 0 Å². The van der Waals surface area contributed by atoms with Crippen molar-refractivity contribution in [3.8, 4) is 16.9 Å². The van der Waals surface area contributed by atoms with Crippen molar-refractivity contribution in [1.29, 1.82) is 0 Å². The van der Waals surface area contributed by atoms with E-state index in [9.17, 15) is 14.3 Å². The summed E-state index contributed by atoms with van der Waals surface area (Å²) in [5.74, 6) is 0.245. The molecule has 0 saturated heterocycles. The number of aromatic nitrogens is 1. The highest BCUT2D eigenvalue weighted by atomic mass is 19.1. The SMILES string of the molecule is COC(=O)c1ccc2c(-c3cc(F)ccc3OC)cnc(N(C)CCO)c2c1. The lowest BCUT2D eigenvalue weighted by Gasteiger charge is -2.21. The Morgan fingerprint density at radius 1 is 1.14 bits per heavy atom. The number of carbonyl (C=O) groups is 1. The van der Waals surface area contributed by atoms with Gasteiger partial charge in [-0.3, -0.25) is 0 Å². The number of methoxy groups -OCH3 is 2. The second-order valence-electron chi connectivity index (χ2n) is 6.24. The van der Waals surface area contributed by atoms with Gasteiger partial charge < -0.3 is 19.5 Å². The first kappa shape index (κ1) is 19.6. The monoisotopic (exact) mass is 384 g/mol. The van der Waals surface area contributed by atoms with E-state index in [2.05, 4.69) is 4.98 Å². The topological polar surface area (TPSA) is 71.9 Å². The molecule has 0 aliphatic heterocycles. The predicted octanol–water partition coefficient (Wildman–Crippen LogP) is 3.26. The van der Waals surface area contributed by atoms with E-state index in [1.807, 2.05) is 0 Å². The van der Waals surface area contributed by atoms with E-state index >= 15 is 0 Å². The minimum absolute atomic E-state index is 0.0458. The Hall–Kier alpha value is -3.19. The van der Waals surface area contributed by atoms with Gasteiger partial charge in [0.25, 0.3) is 0 Å². The molecule has 0 aliphatic carbocycles. The number of esters is 1. The number of anilines is 1. The van der Waals surface area contributed by atoms with Crippen molar-refractivity contribution in [2.75, 3.05) is 39.3 Å². The summed E-state index contributed by atoms with van der Waals surface area (Å²) in [6, 6.07) is 9.40. The van der Waals surface area contributed by atoms with Gasteiger partial charge in [-0.25, -0.2) is 14.2 Å². The van der Waals surface area contributed by atoms with Crippen LogP contribution in [0.1, 0.15) is 10.4 Å². The number of pyridine rings is 1. The van der Waals surface area contributed by atoms with Crippen molar-refractivity contribution in [3.63, 3.8) is 0 Å². The van der Waals surface area contributed by atoms with E-state index in [4.69, 9.17) is 9.47 Å². The highest BCUT2D eigenvalue weighted by Gasteiger charge is 2.17. The molecule has 28 heavy (non-hydrogen) atoms. The average Bonchev–Trinajstić information content (AvgIpc) is 2.72. The van der Waals surface area contributed by atoms with Gasteiger partial charge >= 0.3 is 5.97 Å². The Morgan fingerprint density at radius 3 is 2.61 bits per heavy atom. The van der Waals surface area contributed by atoms with Gasteiger partial charge in [0.05, 0.1) is 26.4 Å². The highest BCUT2D eigenvalue weighted by Crippen LogP contribution is 2.38. The zero-order chi connectivity index (χ0) is 20.3. The molecule has 1 aromatic heterocycles. The van der Waals surface area contributed by atoms with Gasteiger partial charge in [-0.05, 0) is 35.7 Å². The lowest BCUT2D eigenvalue weighted by Crippen LogP contribution is -2.22. The fraction of sp³-hybridized carbons (Fsp3) is 0.238. The van der Waals surface area contributed by atoms with Crippen LogP contribution in [0.2, 0.25) is 0 Å². The van der Waals surface area contributed by atoms with Crippen LogP contribution in [0.3, 0.4) is 0 Å². The summed E-state index contributed by atoms with van der Waals surface area (Å²) in [7, 11) is 4.63. The highest BCUT2D eigenvalue weighted by molar-refractivity contribution is 6.06. The number of halogens is 1. The van der Waals surface area contributed by atoms with Crippen molar-refractivity contribution >= 4 is 22.6 Å². The molecule has 3 aromatic rings. The number of benzene rings is 2. The molecule has 0 amide bonds. The summed E-state index contributed by atoms with van der Waals surface area (Å²) in [5, 5.41) is 10.7. The summed E-state index contributed by atoms with van der Waals surface area (Å²) >= 11 is 0. The largest absolute Gasteiger partial charge is 0.496 e. The lowest BCUT2D eigenvalue weighted by atomic mass is 9.97. The van der Waals surface area contributed by atoms with Crippen molar-refractivity contribution in [1.82, 2.24) is 4.98 Å². The number of ether oxygens (including phenoxy) is 2. The molecule has 0 unspecified atom stereocenters. The molecule has 0 spiro atoms. The molecule has 1 N–H and O–H groups in total. The molecule has 3 rings (SSSR count). The van der Waals surface area contributed by atoms with Crippen LogP contribution in [0.5, 0.6) is 5.75 Å². The van der Waals surface area contributed by atoms with Gasteiger partial charge in [-0.15, -0.1) is 0 Å². The van der Waals surface area contributed by atoms with Crippen molar-refractivity contribution < 1.29 is 23.8 Å². The lowest BCUT2D eigenvalue weighted by molar-refractivity contribution is 0.0601. The Balaban J connectivity index is 2.31. The number of aliphatic hydroxyl groups excluding tert-OH is 1. The molecule has 2 aromatic carbocycles. The Bertz CT molecular complexity index is 1020. The third-order valence-electron chi connectivity index (χ3n) is 4.54. The van der Waals surface area contributed by atoms with Crippen LogP contribution in [0.15, 0.2) is 42.6 Å². The quantitative estimate of drug-likeness (QED) is 0.658. The van der Waals surface area contributed by atoms with Gasteiger partial charge in [-0.1, -0.05) is 6.07 Å². The summed E-state index contributed by atoms with van der Waals surface area (Å²) in [5.41, 5.74) is 1.60. The Labute approximate surface area is 162 Å². The number of carbonyl (C=O) groups excluding carboxylic acids is 1. The fourth-order valence-corrected chi connectivity index (χ4v) is 3.14. The Kier molecular flexibility index (Phi) is 5.75. The van der Waals surface area contributed by atoms with E-state index in [1.54, 1.807) is 42.4 Å². The Morgan fingerprint density at radius 2 is 1.93 bits per heavy atom. The maximum Gasteiger partial charge on any atom is 0.337 e. The first-order valence-corrected chi connectivity index (χ1v) is 8.67. The van der Waals surface area contributed by atoms with Crippen LogP contribution in [-0.2, 0) is 4.74 Å². The first-order chi connectivity index (χ1) is 13.5. The third-order valence-corrected chi connectivity index (χ3v) is 4.54. The number of aliphatic hydroxyl groups is 1. The van der Waals surface area contributed by atoms with Crippen LogP contribution in [-0.4, -0.2) is 50.5 Å². The maximum absolute atomic E-state index is 13.9. The normalized spacial score (nSPS) is 10.8. The summed E-state index contributed by atoms with van der Waals surface area (Å²) in [6.07, 6.45) is 1.64. The van der Waals surface area contributed by atoms with Crippen molar-refractivity contribution in [2.45, 2.75) is 0 Å². The zero-order valence-corrected chi connectivity index (χ0v) is 15.9. The summed E-state index contributed by atoms with van der Waals surface area (Å²) in [6.45, 7) is 0.322. The predicted molar refractivity (Wildman–Crippen MR) is 105 cm³/mol. The molecule has 0 saturated carbocycles. The van der Waals surface area contributed by atoms with Gasteiger partial charge in [0, 0.05) is 36.3 Å². The minimum Gasteiger partial charge on any atom is -0.496 e. The van der Waals surface area contributed by atoms with Gasteiger partial charge in [-0.2, -0.15) is 0 Å². The van der Waals surface area contributed by atoms with E-state index in [-0.39, 0.29) is 6.61 Å². The zero-order valence-electron chi connectivity index (χ0n) is 15.9. The van der Waals surface area contributed by atoms with E-state index in [1.165, 1.54) is 26.4 Å². The molecule has 0 radical (unpaired) electrons. The first-order valence-electron chi connectivity index (χ1n) is 8.67. The number of fused-ring (bicyclic) bond motifs is 1. The number of nitrogens with zero attached hydrogens (tertiary/aromatic N) is 2. The van der Waals surface area contributed by atoms with Crippen LogP contribution < -0.4 is 9.64 Å². The molecule has 1 heterocycles. The second-order valence-corrected chi connectivity index (χ2v) is 6.24. The molecular formula is C21H21FN2O4. The number of likely N-dealkylation sites (N-methyl/N-ethyl adjacent to an activating group) is 1. The van der Waals surface area contributed by atoms with Gasteiger partial charge in [0.15, 0.2) is 0 Å². The summed E-state index contributed by atoms with van der Waals surface area (Å²) in [4.78, 5) is 18.3. The maximum atomic E-state index is 13.9. The summed E-state index contributed by atoms with van der Waals surface area (Å²) < 4.78 is 24.1. The standard InChI is InChI=1S/C21H21FN2O4/c1-24(8-9-25)20-17-10-13(21(26)28-3)4-6-15(17)18(12-23-20)16-11-14(22)5-7-19(16)27-2/h4-7,10-12,25H,8-9H2,1-3H3. The number of hydrogen-bond donors (Lipinski definition) is 1. The van der Waals surface area contributed by atoms with Crippen LogP contribution >= 0.6 is 0 Å². The average molecular weight is 384 g/mol. The number of rotatable bonds is 6. The second kappa shape index (κ2) is 8.22. The molecular weight excluding hydrogens is 363 g/mol. The van der Waals surface area contributed by atoms with Crippen LogP contribution in [0, 0.1) is 5.82 Å². The van der Waals surface area contributed by atoms with E-state index in [0.29, 0.717) is 40.2 Å². The fourth-order valence-electron chi connectivity index (χ4n) is 3.14. The molecule has 0 fully saturated rings. The molecule has 7 heteroatoms. The molecule has 6 nitrogen and oxygen atoms in total. The van der Waals surface area contributed by atoms with Crippen LogP contribution in [0.4, 0.5) is 10.2 Å². The van der Waals surface area contributed by atoms with Crippen molar-refractivity contribution in [3.05, 3.63) is 54.0 Å². The van der Waals surface area contributed by atoms with Gasteiger partial charge in [0.1, 0.15) is 17.4 Å². The molecule has 0 atom stereocenters. The minimum atomic E-state index is -0.466. The smallest absolute Gasteiger partial charge is 0.337 e. The molecule has 0 aliphatic rings. The van der Waals surface area contributed by atoms with Gasteiger partial charge in [0.2, 0.25) is 0 Å². The van der Waals surface area contributed by atoms with E-state index in [0.717, 1.165) is 5.39 Å². The van der Waals surface area contributed by atoms with Crippen LogP contribution in [0.25, 0.3) is 21.9 Å². The number of hydrogen-bond acceptors (Lipinski definition) is 6. The molecule has 146 valence electrons. The molecule has 0 bridgehead atoms. The van der Waals surface area contributed by atoms with E-state index < -0.39 is 11.8 Å².